The number of carbonyl (C=O) groups excluding carboxylic acids is 4. The lowest BCUT2D eigenvalue weighted by atomic mass is 9.98. The molecule has 0 aliphatic carbocycles. The van der Waals surface area contributed by atoms with Gasteiger partial charge in [0.2, 0.25) is 0 Å². The minimum Gasteiger partial charge on any atom is -0.459 e. The second-order valence-electron chi connectivity index (χ2n) is 7.49. The monoisotopic (exact) mass is 463 g/mol. The van der Waals surface area contributed by atoms with E-state index in [1.165, 1.54) is 42.9 Å². The molecule has 0 bridgehead atoms. The van der Waals surface area contributed by atoms with E-state index < -0.39 is 29.7 Å². The predicted molar refractivity (Wildman–Crippen MR) is 124 cm³/mol. The zero-order valence-corrected chi connectivity index (χ0v) is 18.7. The molecule has 0 unspecified atom stereocenters. The lowest BCUT2D eigenvalue weighted by molar-refractivity contribution is -0.124. The molecule has 3 rings (SSSR count). The fourth-order valence-electron chi connectivity index (χ4n) is 3.07. The van der Waals surface area contributed by atoms with Crippen molar-refractivity contribution < 1.29 is 23.6 Å². The Hall–Kier alpha value is -4.47. The number of furan rings is 1. The molecule has 34 heavy (non-hydrogen) atoms. The lowest BCUT2D eigenvalue weighted by Gasteiger charge is -2.24. The number of amides is 4. The Morgan fingerprint density at radius 2 is 1.65 bits per heavy atom. The van der Waals surface area contributed by atoms with E-state index in [0.717, 1.165) is 0 Å². The van der Waals surface area contributed by atoms with E-state index in [1.54, 1.807) is 31.2 Å². The van der Waals surface area contributed by atoms with Gasteiger partial charge in [0, 0.05) is 18.0 Å². The van der Waals surface area contributed by atoms with Crippen LogP contribution in [0.2, 0.25) is 0 Å². The quantitative estimate of drug-likeness (QED) is 0.378. The number of aromatic nitrogens is 1. The first kappa shape index (κ1) is 24.2. The minimum absolute atomic E-state index is 0.0945. The van der Waals surface area contributed by atoms with Crippen LogP contribution >= 0.6 is 0 Å². The summed E-state index contributed by atoms with van der Waals surface area (Å²) in [7, 11) is 0. The van der Waals surface area contributed by atoms with Crippen molar-refractivity contribution in [3.8, 4) is 0 Å². The summed E-state index contributed by atoms with van der Waals surface area (Å²) in [4.78, 5) is 54.3. The van der Waals surface area contributed by atoms with E-state index in [4.69, 9.17) is 4.42 Å². The van der Waals surface area contributed by atoms with Crippen LogP contribution in [0.5, 0.6) is 0 Å². The van der Waals surface area contributed by atoms with Gasteiger partial charge in [0.1, 0.15) is 6.04 Å². The van der Waals surface area contributed by atoms with Gasteiger partial charge in [-0.15, -0.1) is 0 Å². The number of para-hydroxylation sites is 1. The van der Waals surface area contributed by atoms with Crippen LogP contribution in [0.25, 0.3) is 0 Å². The number of hydrogen-bond donors (Lipinski definition) is 4. The molecule has 0 saturated carbocycles. The molecule has 0 saturated heterocycles. The van der Waals surface area contributed by atoms with Crippen LogP contribution in [0.15, 0.2) is 71.6 Å². The van der Waals surface area contributed by atoms with E-state index in [2.05, 4.69) is 26.5 Å². The molecule has 4 N–H and O–H groups in total. The van der Waals surface area contributed by atoms with E-state index in [0.29, 0.717) is 12.0 Å². The fourth-order valence-corrected chi connectivity index (χ4v) is 3.07. The van der Waals surface area contributed by atoms with Crippen LogP contribution in [0.1, 0.15) is 51.5 Å². The molecule has 176 valence electrons. The SMILES string of the molecule is CC[C@H](C)[C@@H](NC(=O)c1ccccc1NC(=O)c1ccco1)C(=O)NNC(=O)c1ccncc1. The van der Waals surface area contributed by atoms with Gasteiger partial charge in [-0.2, -0.15) is 0 Å². The molecule has 10 heteroatoms. The average Bonchev–Trinajstić information content (AvgIpc) is 3.41. The van der Waals surface area contributed by atoms with Crippen molar-refractivity contribution in [2.75, 3.05) is 5.32 Å². The smallest absolute Gasteiger partial charge is 0.291 e. The zero-order valence-electron chi connectivity index (χ0n) is 18.7. The Morgan fingerprint density at radius 3 is 2.32 bits per heavy atom. The third-order valence-corrected chi connectivity index (χ3v) is 5.19. The summed E-state index contributed by atoms with van der Waals surface area (Å²) in [5, 5.41) is 5.35. The number of carbonyl (C=O) groups is 4. The Bertz CT molecular complexity index is 1150. The average molecular weight is 463 g/mol. The maximum absolute atomic E-state index is 13.1. The van der Waals surface area contributed by atoms with Crippen LogP contribution in [-0.4, -0.2) is 34.7 Å². The Kier molecular flexibility index (Phi) is 8.11. The second-order valence-corrected chi connectivity index (χ2v) is 7.49. The van der Waals surface area contributed by atoms with Gasteiger partial charge in [-0.05, 0) is 42.3 Å². The highest BCUT2D eigenvalue weighted by Gasteiger charge is 2.28. The summed E-state index contributed by atoms with van der Waals surface area (Å²) in [5.74, 6) is -2.32. The third kappa shape index (κ3) is 6.06. The van der Waals surface area contributed by atoms with Crippen LogP contribution in [0, 0.1) is 5.92 Å². The van der Waals surface area contributed by atoms with E-state index >= 15 is 0 Å². The summed E-state index contributed by atoms with van der Waals surface area (Å²) in [6.45, 7) is 3.68. The first-order valence-electron chi connectivity index (χ1n) is 10.7. The summed E-state index contributed by atoms with van der Waals surface area (Å²) in [6.07, 6.45) is 4.88. The number of hydrogen-bond acceptors (Lipinski definition) is 6. The highest BCUT2D eigenvalue weighted by Crippen LogP contribution is 2.18. The predicted octanol–water partition coefficient (Wildman–Crippen LogP) is 2.53. The molecule has 10 nitrogen and oxygen atoms in total. The second kappa shape index (κ2) is 11.4. The molecular formula is C24H25N5O5. The molecule has 3 aromatic rings. The van der Waals surface area contributed by atoms with E-state index in [-0.39, 0.29) is 22.9 Å². The van der Waals surface area contributed by atoms with Crippen LogP contribution in [0.3, 0.4) is 0 Å². The summed E-state index contributed by atoms with van der Waals surface area (Å²) in [6, 6.07) is 11.6. The van der Waals surface area contributed by atoms with Crippen molar-refractivity contribution in [2.45, 2.75) is 26.3 Å². The topological polar surface area (TPSA) is 142 Å². The standard InChI is InChI=1S/C24H25N5O5/c1-3-15(2)20(24(33)29-28-21(30)16-10-12-25-13-11-16)27-22(31)17-7-4-5-8-18(17)26-23(32)19-9-6-14-34-19/h4-15,20H,3H2,1-2H3,(H,26,32)(H,27,31)(H,28,30)(H,29,33)/t15-,20+/m0/s1. The summed E-state index contributed by atoms with van der Waals surface area (Å²) >= 11 is 0. The van der Waals surface area contributed by atoms with Crippen molar-refractivity contribution in [1.82, 2.24) is 21.2 Å². The van der Waals surface area contributed by atoms with Gasteiger partial charge >= 0.3 is 0 Å². The number of benzene rings is 1. The summed E-state index contributed by atoms with van der Waals surface area (Å²) in [5.41, 5.74) is 5.45. The highest BCUT2D eigenvalue weighted by molar-refractivity contribution is 6.08. The van der Waals surface area contributed by atoms with E-state index in [9.17, 15) is 19.2 Å². The van der Waals surface area contributed by atoms with Gasteiger partial charge in [-0.25, -0.2) is 0 Å². The molecule has 0 aliphatic heterocycles. The van der Waals surface area contributed by atoms with Crippen LogP contribution < -0.4 is 21.5 Å². The number of pyridine rings is 1. The Labute approximate surface area is 196 Å². The normalized spacial score (nSPS) is 12.2. The molecule has 2 aromatic heterocycles. The van der Waals surface area contributed by atoms with Gasteiger partial charge in [0.25, 0.3) is 23.6 Å². The summed E-state index contributed by atoms with van der Waals surface area (Å²) < 4.78 is 5.08. The molecule has 0 aliphatic rings. The Morgan fingerprint density at radius 1 is 0.912 bits per heavy atom. The first-order chi connectivity index (χ1) is 16.4. The maximum Gasteiger partial charge on any atom is 0.291 e. The molecule has 0 fully saturated rings. The minimum atomic E-state index is -0.941. The number of rotatable bonds is 8. The Balaban J connectivity index is 1.70. The number of nitrogens with one attached hydrogen (secondary N) is 4. The molecule has 0 radical (unpaired) electrons. The molecule has 1 aromatic carbocycles. The molecule has 2 atom stereocenters. The lowest BCUT2D eigenvalue weighted by Crippen LogP contribution is -2.54. The van der Waals surface area contributed by atoms with Crippen molar-refractivity contribution in [3.63, 3.8) is 0 Å². The molecule has 2 heterocycles. The zero-order chi connectivity index (χ0) is 24.5. The number of anilines is 1. The van der Waals surface area contributed by atoms with Gasteiger partial charge in [0.15, 0.2) is 5.76 Å². The van der Waals surface area contributed by atoms with Crippen LogP contribution in [0.4, 0.5) is 5.69 Å². The van der Waals surface area contributed by atoms with Crippen molar-refractivity contribution in [2.24, 2.45) is 5.92 Å². The van der Waals surface area contributed by atoms with Crippen molar-refractivity contribution >= 4 is 29.3 Å². The van der Waals surface area contributed by atoms with Gasteiger partial charge in [-0.1, -0.05) is 32.4 Å². The molecular weight excluding hydrogens is 438 g/mol. The number of nitrogens with zero attached hydrogens (tertiary/aromatic N) is 1. The largest absolute Gasteiger partial charge is 0.459 e. The van der Waals surface area contributed by atoms with Gasteiger partial charge in [0.05, 0.1) is 17.5 Å². The third-order valence-electron chi connectivity index (χ3n) is 5.19. The van der Waals surface area contributed by atoms with Crippen molar-refractivity contribution in [1.29, 1.82) is 0 Å². The van der Waals surface area contributed by atoms with E-state index in [1.807, 2.05) is 6.92 Å². The van der Waals surface area contributed by atoms with Crippen molar-refractivity contribution in [3.05, 3.63) is 84.1 Å². The van der Waals surface area contributed by atoms with Gasteiger partial charge in [-0.3, -0.25) is 35.0 Å². The molecule has 0 spiro atoms. The highest BCUT2D eigenvalue weighted by atomic mass is 16.3. The molecule has 4 amide bonds. The fraction of sp³-hybridized carbons (Fsp3) is 0.208. The van der Waals surface area contributed by atoms with Gasteiger partial charge < -0.3 is 15.1 Å². The van der Waals surface area contributed by atoms with Crippen LogP contribution in [-0.2, 0) is 4.79 Å². The first-order valence-corrected chi connectivity index (χ1v) is 10.7. The number of hydrazine groups is 1. The maximum atomic E-state index is 13.1.